The van der Waals surface area contributed by atoms with Gasteiger partial charge in [0.2, 0.25) is 5.91 Å². The van der Waals surface area contributed by atoms with E-state index in [0.717, 1.165) is 75.9 Å². The third-order valence-corrected chi connectivity index (χ3v) is 7.49. The fraction of sp³-hybridized carbons (Fsp3) is 0.583. The molecule has 1 aromatic rings. The van der Waals surface area contributed by atoms with Crippen molar-refractivity contribution in [1.29, 1.82) is 0 Å². The SMILES string of the molecule is CN=C(NCc1ccc(N2CC=CC2)cc1)NC1CCC(C(=O)N2CCSCC2)CC1. The Balaban J connectivity index is 1.19. The third-order valence-electron chi connectivity index (χ3n) is 6.54. The van der Waals surface area contributed by atoms with E-state index < -0.39 is 0 Å². The molecule has 0 unspecified atom stereocenters. The van der Waals surface area contributed by atoms with Gasteiger partial charge in [0.25, 0.3) is 0 Å². The molecule has 1 amide bonds. The van der Waals surface area contributed by atoms with Gasteiger partial charge in [0.1, 0.15) is 0 Å². The Labute approximate surface area is 190 Å². The summed E-state index contributed by atoms with van der Waals surface area (Å²) >= 11 is 1.95. The van der Waals surface area contributed by atoms with Crippen molar-refractivity contribution >= 4 is 29.3 Å². The number of anilines is 1. The molecule has 2 fully saturated rings. The van der Waals surface area contributed by atoms with Gasteiger partial charge in [-0.2, -0.15) is 11.8 Å². The Morgan fingerprint density at radius 3 is 2.39 bits per heavy atom. The number of rotatable bonds is 5. The van der Waals surface area contributed by atoms with Crippen LogP contribution < -0.4 is 15.5 Å². The number of nitrogens with zero attached hydrogens (tertiary/aromatic N) is 3. The molecule has 0 spiro atoms. The number of hydrogen-bond donors (Lipinski definition) is 2. The van der Waals surface area contributed by atoms with E-state index in [9.17, 15) is 4.79 Å². The molecule has 0 radical (unpaired) electrons. The highest BCUT2D eigenvalue weighted by atomic mass is 32.2. The van der Waals surface area contributed by atoms with E-state index >= 15 is 0 Å². The maximum absolute atomic E-state index is 12.8. The first kappa shape index (κ1) is 22.1. The lowest BCUT2D eigenvalue weighted by molar-refractivity contribution is -0.136. The summed E-state index contributed by atoms with van der Waals surface area (Å²) in [7, 11) is 1.82. The summed E-state index contributed by atoms with van der Waals surface area (Å²) in [5, 5.41) is 7.01. The van der Waals surface area contributed by atoms with Crippen LogP contribution in [0.3, 0.4) is 0 Å². The van der Waals surface area contributed by atoms with Crippen molar-refractivity contribution in [3.63, 3.8) is 0 Å². The predicted octanol–water partition coefficient (Wildman–Crippen LogP) is 2.86. The Morgan fingerprint density at radius 1 is 1.06 bits per heavy atom. The summed E-state index contributed by atoms with van der Waals surface area (Å²) in [6.45, 7) is 4.60. The van der Waals surface area contributed by atoms with Gasteiger partial charge in [0, 0.05) is 68.9 Å². The van der Waals surface area contributed by atoms with Gasteiger partial charge in [-0.25, -0.2) is 0 Å². The Hall–Kier alpha value is -2.15. The minimum atomic E-state index is 0.209. The topological polar surface area (TPSA) is 60.0 Å². The molecule has 1 saturated heterocycles. The molecule has 2 N–H and O–H groups in total. The fourth-order valence-electron chi connectivity index (χ4n) is 4.61. The predicted molar refractivity (Wildman–Crippen MR) is 131 cm³/mol. The van der Waals surface area contributed by atoms with E-state index in [1.54, 1.807) is 0 Å². The number of nitrogens with one attached hydrogen (secondary N) is 2. The Bertz CT molecular complexity index is 772. The zero-order chi connectivity index (χ0) is 21.5. The van der Waals surface area contributed by atoms with E-state index in [1.807, 2.05) is 18.8 Å². The number of thioether (sulfide) groups is 1. The van der Waals surface area contributed by atoms with Crippen LogP contribution in [0.2, 0.25) is 0 Å². The highest BCUT2D eigenvalue weighted by Gasteiger charge is 2.30. The van der Waals surface area contributed by atoms with Crippen LogP contribution in [0.4, 0.5) is 5.69 Å². The first-order valence-corrected chi connectivity index (χ1v) is 12.7. The second-order valence-electron chi connectivity index (χ2n) is 8.60. The van der Waals surface area contributed by atoms with Gasteiger partial charge in [0.05, 0.1) is 0 Å². The summed E-state index contributed by atoms with van der Waals surface area (Å²) in [5.74, 6) is 3.61. The summed E-state index contributed by atoms with van der Waals surface area (Å²) in [6.07, 6.45) is 8.42. The summed E-state index contributed by atoms with van der Waals surface area (Å²) < 4.78 is 0. The molecule has 168 valence electrons. The van der Waals surface area contributed by atoms with Crippen LogP contribution in [0.1, 0.15) is 31.2 Å². The van der Waals surface area contributed by atoms with Crippen molar-refractivity contribution < 1.29 is 4.79 Å². The quantitative estimate of drug-likeness (QED) is 0.418. The van der Waals surface area contributed by atoms with Gasteiger partial charge < -0.3 is 20.4 Å². The van der Waals surface area contributed by atoms with E-state index in [4.69, 9.17) is 0 Å². The summed E-state index contributed by atoms with van der Waals surface area (Å²) in [4.78, 5) is 21.6. The van der Waals surface area contributed by atoms with Crippen molar-refractivity contribution in [3.8, 4) is 0 Å². The molecule has 2 aliphatic heterocycles. The number of benzene rings is 1. The van der Waals surface area contributed by atoms with Crippen molar-refractivity contribution in [2.45, 2.75) is 38.3 Å². The van der Waals surface area contributed by atoms with Crippen LogP contribution >= 0.6 is 11.8 Å². The van der Waals surface area contributed by atoms with E-state index in [-0.39, 0.29) is 5.92 Å². The molecule has 4 rings (SSSR count). The van der Waals surface area contributed by atoms with Gasteiger partial charge in [-0.05, 0) is 43.4 Å². The average molecular weight is 442 g/mol. The smallest absolute Gasteiger partial charge is 0.225 e. The highest BCUT2D eigenvalue weighted by molar-refractivity contribution is 7.99. The molecule has 0 atom stereocenters. The largest absolute Gasteiger partial charge is 0.364 e. The van der Waals surface area contributed by atoms with Crippen LogP contribution in [0, 0.1) is 5.92 Å². The molecule has 1 aliphatic carbocycles. The lowest BCUT2D eigenvalue weighted by Gasteiger charge is -2.34. The van der Waals surface area contributed by atoms with E-state index in [0.29, 0.717) is 11.9 Å². The molecule has 7 heteroatoms. The fourth-order valence-corrected chi connectivity index (χ4v) is 5.52. The lowest BCUT2D eigenvalue weighted by Crippen LogP contribution is -2.47. The van der Waals surface area contributed by atoms with Crippen LogP contribution in [0.15, 0.2) is 41.4 Å². The maximum atomic E-state index is 12.8. The standard InChI is InChI=1S/C24H35N5OS/c1-25-24(26-18-19-4-10-22(11-5-19)28-12-2-3-13-28)27-21-8-6-20(7-9-21)23(30)29-14-16-31-17-15-29/h2-5,10-11,20-21H,6-9,12-18H2,1H3,(H2,25,26,27). The molecular weight excluding hydrogens is 406 g/mol. The number of carbonyl (C=O) groups is 1. The molecule has 1 aromatic carbocycles. The van der Waals surface area contributed by atoms with Gasteiger partial charge in [-0.1, -0.05) is 24.3 Å². The number of aliphatic imine (C=N–C) groups is 1. The van der Waals surface area contributed by atoms with Crippen LogP contribution in [0.5, 0.6) is 0 Å². The lowest BCUT2D eigenvalue weighted by atomic mass is 9.85. The van der Waals surface area contributed by atoms with Gasteiger partial charge >= 0.3 is 0 Å². The van der Waals surface area contributed by atoms with Gasteiger partial charge in [0.15, 0.2) is 5.96 Å². The molecule has 2 heterocycles. The minimum Gasteiger partial charge on any atom is -0.364 e. The second-order valence-corrected chi connectivity index (χ2v) is 9.82. The van der Waals surface area contributed by atoms with Crippen molar-refractivity contribution in [3.05, 3.63) is 42.0 Å². The second kappa shape index (κ2) is 10.9. The third kappa shape index (κ3) is 5.97. The average Bonchev–Trinajstić information content (AvgIpc) is 3.38. The molecule has 6 nitrogen and oxygen atoms in total. The van der Waals surface area contributed by atoms with Crippen molar-refractivity contribution in [1.82, 2.24) is 15.5 Å². The molecule has 0 aromatic heterocycles. The Morgan fingerprint density at radius 2 is 1.74 bits per heavy atom. The van der Waals surface area contributed by atoms with Crippen LogP contribution in [-0.2, 0) is 11.3 Å². The van der Waals surface area contributed by atoms with Crippen LogP contribution in [-0.4, -0.2) is 67.5 Å². The molecule has 0 bridgehead atoms. The summed E-state index contributed by atoms with van der Waals surface area (Å²) in [5.41, 5.74) is 2.51. The number of guanidine groups is 1. The van der Waals surface area contributed by atoms with E-state index in [2.05, 4.69) is 61.8 Å². The summed E-state index contributed by atoms with van der Waals surface area (Å²) in [6, 6.07) is 9.14. The molecular formula is C24H35N5OS. The highest BCUT2D eigenvalue weighted by Crippen LogP contribution is 2.27. The first-order valence-electron chi connectivity index (χ1n) is 11.6. The first-order chi connectivity index (χ1) is 15.2. The van der Waals surface area contributed by atoms with Gasteiger partial charge in [-0.15, -0.1) is 0 Å². The minimum absolute atomic E-state index is 0.209. The number of amides is 1. The van der Waals surface area contributed by atoms with Crippen LogP contribution in [0.25, 0.3) is 0 Å². The molecule has 3 aliphatic rings. The number of carbonyl (C=O) groups excluding carboxylic acids is 1. The van der Waals surface area contributed by atoms with Gasteiger partial charge in [-0.3, -0.25) is 9.79 Å². The molecule has 1 saturated carbocycles. The monoisotopic (exact) mass is 441 g/mol. The zero-order valence-electron chi connectivity index (χ0n) is 18.6. The van der Waals surface area contributed by atoms with Crippen molar-refractivity contribution in [2.24, 2.45) is 10.9 Å². The Kier molecular flexibility index (Phi) is 7.78. The number of hydrogen-bond acceptors (Lipinski definition) is 4. The zero-order valence-corrected chi connectivity index (χ0v) is 19.4. The van der Waals surface area contributed by atoms with E-state index in [1.165, 1.54) is 11.3 Å². The van der Waals surface area contributed by atoms with Crippen molar-refractivity contribution in [2.75, 3.05) is 49.6 Å². The normalized spacial score (nSPS) is 24.4. The maximum Gasteiger partial charge on any atom is 0.225 e. The molecule has 31 heavy (non-hydrogen) atoms.